The highest BCUT2D eigenvalue weighted by molar-refractivity contribution is 9.10. The summed E-state index contributed by atoms with van der Waals surface area (Å²) in [6.45, 7) is 1.76. The van der Waals surface area contributed by atoms with E-state index < -0.39 is 5.60 Å². The van der Waals surface area contributed by atoms with Crippen molar-refractivity contribution in [2.75, 3.05) is 6.54 Å². The van der Waals surface area contributed by atoms with Gasteiger partial charge in [-0.05, 0) is 42.8 Å². The Morgan fingerprint density at radius 3 is 2.57 bits per heavy atom. The molecule has 0 saturated heterocycles. The first-order valence-corrected chi connectivity index (χ1v) is 7.58. The van der Waals surface area contributed by atoms with Crippen LogP contribution in [0.25, 0.3) is 0 Å². The molecule has 5 heteroatoms. The van der Waals surface area contributed by atoms with E-state index in [1.165, 1.54) is 0 Å². The van der Waals surface area contributed by atoms with Gasteiger partial charge in [-0.15, -0.1) is 0 Å². The summed E-state index contributed by atoms with van der Waals surface area (Å²) in [5.41, 5.74) is 0.0735. The summed E-state index contributed by atoms with van der Waals surface area (Å²) < 4.78 is 0.833. The molecule has 0 fully saturated rings. The molecular formula is C16H15BrClNO2. The Bertz CT molecular complexity index is 641. The van der Waals surface area contributed by atoms with Gasteiger partial charge < -0.3 is 10.4 Å². The second-order valence-corrected chi connectivity index (χ2v) is 6.33. The number of hydrogen-bond donors (Lipinski definition) is 2. The fourth-order valence-corrected chi connectivity index (χ4v) is 2.42. The van der Waals surface area contributed by atoms with Crippen molar-refractivity contribution < 1.29 is 9.90 Å². The van der Waals surface area contributed by atoms with E-state index in [4.69, 9.17) is 11.6 Å². The lowest BCUT2D eigenvalue weighted by molar-refractivity contribution is 0.0526. The Labute approximate surface area is 137 Å². The van der Waals surface area contributed by atoms with Crippen molar-refractivity contribution in [2.24, 2.45) is 0 Å². The van der Waals surface area contributed by atoms with Crippen molar-refractivity contribution in [1.29, 1.82) is 0 Å². The molecule has 2 aromatic carbocycles. The monoisotopic (exact) mass is 367 g/mol. The minimum Gasteiger partial charge on any atom is -0.384 e. The highest BCUT2D eigenvalue weighted by Crippen LogP contribution is 2.22. The van der Waals surface area contributed by atoms with Crippen molar-refractivity contribution in [3.8, 4) is 0 Å². The van der Waals surface area contributed by atoms with Gasteiger partial charge in [-0.2, -0.15) is 0 Å². The molecule has 0 heterocycles. The number of aliphatic hydroxyl groups is 1. The first kappa shape index (κ1) is 16.0. The van der Waals surface area contributed by atoms with Crippen LogP contribution in [0.1, 0.15) is 22.8 Å². The average molecular weight is 369 g/mol. The Balaban J connectivity index is 2.04. The van der Waals surface area contributed by atoms with Gasteiger partial charge in [-0.3, -0.25) is 4.79 Å². The number of benzene rings is 2. The minimum atomic E-state index is -1.16. The largest absolute Gasteiger partial charge is 0.384 e. The molecule has 110 valence electrons. The van der Waals surface area contributed by atoms with Crippen molar-refractivity contribution in [1.82, 2.24) is 5.32 Å². The van der Waals surface area contributed by atoms with Gasteiger partial charge in [0.05, 0.1) is 6.54 Å². The summed E-state index contributed by atoms with van der Waals surface area (Å²) in [5, 5.41) is 13.8. The van der Waals surface area contributed by atoms with E-state index in [2.05, 4.69) is 21.2 Å². The van der Waals surface area contributed by atoms with Crippen molar-refractivity contribution in [3.05, 3.63) is 69.2 Å². The first-order valence-electron chi connectivity index (χ1n) is 6.41. The Morgan fingerprint density at radius 1 is 1.29 bits per heavy atom. The van der Waals surface area contributed by atoms with Gasteiger partial charge in [0.2, 0.25) is 0 Å². The number of rotatable bonds is 4. The van der Waals surface area contributed by atoms with Crippen LogP contribution in [0.5, 0.6) is 0 Å². The molecular weight excluding hydrogens is 354 g/mol. The van der Waals surface area contributed by atoms with Crippen LogP contribution in [-0.4, -0.2) is 17.6 Å². The minimum absolute atomic E-state index is 0.111. The fraction of sp³-hybridized carbons (Fsp3) is 0.188. The van der Waals surface area contributed by atoms with Crippen LogP contribution in [0.3, 0.4) is 0 Å². The highest BCUT2D eigenvalue weighted by Gasteiger charge is 2.24. The molecule has 2 rings (SSSR count). The van der Waals surface area contributed by atoms with Gasteiger partial charge >= 0.3 is 0 Å². The average Bonchev–Trinajstić information content (AvgIpc) is 2.45. The molecule has 2 N–H and O–H groups in total. The topological polar surface area (TPSA) is 49.3 Å². The summed E-state index contributed by atoms with van der Waals surface area (Å²) in [4.78, 5) is 12.1. The van der Waals surface area contributed by atoms with E-state index in [1.807, 2.05) is 6.07 Å². The fourth-order valence-electron chi connectivity index (χ4n) is 1.90. The third-order valence-corrected chi connectivity index (χ3v) is 3.89. The van der Waals surface area contributed by atoms with Gasteiger partial charge in [0.1, 0.15) is 5.60 Å². The van der Waals surface area contributed by atoms with E-state index in [9.17, 15) is 9.90 Å². The summed E-state index contributed by atoms with van der Waals surface area (Å²) in [5.74, 6) is -0.231. The third kappa shape index (κ3) is 4.30. The maximum absolute atomic E-state index is 12.1. The lowest BCUT2D eigenvalue weighted by atomic mass is 9.96. The number of carbonyl (C=O) groups is 1. The van der Waals surface area contributed by atoms with Gasteiger partial charge in [-0.25, -0.2) is 0 Å². The molecule has 0 aliphatic heterocycles. The lowest BCUT2D eigenvalue weighted by Crippen LogP contribution is -2.38. The van der Waals surface area contributed by atoms with Crippen LogP contribution in [0.4, 0.5) is 0 Å². The Kier molecular flexibility index (Phi) is 5.04. The number of nitrogens with one attached hydrogen (secondary N) is 1. The van der Waals surface area contributed by atoms with Gasteiger partial charge in [0.25, 0.3) is 5.91 Å². The number of halogens is 2. The molecule has 0 saturated carbocycles. The van der Waals surface area contributed by atoms with E-state index in [0.29, 0.717) is 16.1 Å². The second-order valence-electron chi connectivity index (χ2n) is 4.97. The molecule has 0 aliphatic rings. The SMILES string of the molecule is CC(O)(CNC(=O)c1cccc(Br)c1)c1ccc(Cl)cc1. The van der Waals surface area contributed by atoms with E-state index in [0.717, 1.165) is 4.47 Å². The quantitative estimate of drug-likeness (QED) is 0.863. The molecule has 1 unspecified atom stereocenters. The maximum atomic E-state index is 12.1. The van der Waals surface area contributed by atoms with Crippen LogP contribution < -0.4 is 5.32 Å². The van der Waals surface area contributed by atoms with Crippen LogP contribution in [0.15, 0.2) is 53.0 Å². The molecule has 0 spiro atoms. The lowest BCUT2D eigenvalue weighted by Gasteiger charge is -2.24. The van der Waals surface area contributed by atoms with Crippen LogP contribution in [-0.2, 0) is 5.60 Å². The van der Waals surface area contributed by atoms with E-state index >= 15 is 0 Å². The van der Waals surface area contributed by atoms with Gasteiger partial charge in [0.15, 0.2) is 0 Å². The Hall–Kier alpha value is -1.36. The van der Waals surface area contributed by atoms with Crippen molar-refractivity contribution >= 4 is 33.4 Å². The first-order chi connectivity index (χ1) is 9.88. The molecule has 0 aliphatic carbocycles. The normalized spacial score (nSPS) is 13.5. The predicted octanol–water partition coefficient (Wildman–Crippen LogP) is 3.74. The summed E-state index contributed by atoms with van der Waals surface area (Å²) in [7, 11) is 0. The molecule has 3 nitrogen and oxygen atoms in total. The standard InChI is InChI=1S/C16H15BrClNO2/c1-16(21,12-5-7-14(18)8-6-12)10-19-15(20)11-3-2-4-13(17)9-11/h2-9,21H,10H2,1H3,(H,19,20). The third-order valence-electron chi connectivity index (χ3n) is 3.15. The zero-order valence-corrected chi connectivity index (χ0v) is 13.8. The molecule has 1 amide bonds. The van der Waals surface area contributed by atoms with E-state index in [1.54, 1.807) is 49.4 Å². The zero-order valence-electron chi connectivity index (χ0n) is 11.4. The van der Waals surface area contributed by atoms with Crippen LogP contribution >= 0.6 is 27.5 Å². The second kappa shape index (κ2) is 6.60. The number of hydrogen-bond acceptors (Lipinski definition) is 2. The molecule has 2 aromatic rings. The van der Waals surface area contributed by atoms with Crippen molar-refractivity contribution in [3.63, 3.8) is 0 Å². The van der Waals surface area contributed by atoms with Crippen LogP contribution in [0.2, 0.25) is 5.02 Å². The highest BCUT2D eigenvalue weighted by atomic mass is 79.9. The smallest absolute Gasteiger partial charge is 0.251 e. The molecule has 0 aromatic heterocycles. The summed E-state index contributed by atoms with van der Waals surface area (Å²) in [6, 6.07) is 14.0. The van der Waals surface area contributed by atoms with Crippen molar-refractivity contribution in [2.45, 2.75) is 12.5 Å². The zero-order chi connectivity index (χ0) is 15.5. The summed E-state index contributed by atoms with van der Waals surface area (Å²) >= 11 is 9.15. The molecule has 0 radical (unpaired) electrons. The van der Waals surface area contributed by atoms with E-state index in [-0.39, 0.29) is 12.5 Å². The number of carbonyl (C=O) groups excluding carboxylic acids is 1. The molecule has 1 atom stereocenters. The maximum Gasteiger partial charge on any atom is 0.251 e. The van der Waals surface area contributed by atoms with Gasteiger partial charge in [0, 0.05) is 15.1 Å². The summed E-state index contributed by atoms with van der Waals surface area (Å²) in [6.07, 6.45) is 0. The van der Waals surface area contributed by atoms with Crippen LogP contribution in [0, 0.1) is 0 Å². The molecule has 21 heavy (non-hydrogen) atoms. The van der Waals surface area contributed by atoms with Gasteiger partial charge in [-0.1, -0.05) is 45.7 Å². The number of amides is 1. The molecule has 0 bridgehead atoms. The Morgan fingerprint density at radius 2 is 1.95 bits per heavy atom. The predicted molar refractivity (Wildman–Crippen MR) is 87.5 cm³/mol.